The molecule has 1 amide bonds. The Morgan fingerprint density at radius 2 is 2.00 bits per heavy atom. The molecule has 1 aliphatic heterocycles. The van der Waals surface area contributed by atoms with Crippen LogP contribution in [0.25, 0.3) is 11.4 Å². The summed E-state index contributed by atoms with van der Waals surface area (Å²) in [5.41, 5.74) is 4.04. The summed E-state index contributed by atoms with van der Waals surface area (Å²) < 4.78 is 2.27. The zero-order valence-electron chi connectivity index (χ0n) is 14.9. The molecule has 128 valence electrons. The zero-order valence-corrected chi connectivity index (χ0v) is 14.9. The molecule has 1 aromatic carbocycles. The quantitative estimate of drug-likeness (QED) is 0.919. The van der Waals surface area contributed by atoms with Crippen molar-refractivity contribution >= 4 is 5.91 Å². The molecular formula is C20H27N3O. The van der Waals surface area contributed by atoms with Crippen molar-refractivity contribution < 1.29 is 4.79 Å². The zero-order chi connectivity index (χ0) is 17.1. The van der Waals surface area contributed by atoms with E-state index >= 15 is 0 Å². The lowest BCUT2D eigenvalue weighted by molar-refractivity contribution is 0.0933. The third kappa shape index (κ3) is 3.37. The van der Waals surface area contributed by atoms with Crippen molar-refractivity contribution in [1.82, 2.24) is 14.9 Å². The second kappa shape index (κ2) is 7.20. The molecule has 0 aliphatic carbocycles. The smallest absolute Gasteiger partial charge is 0.271 e. The van der Waals surface area contributed by atoms with Gasteiger partial charge in [0.05, 0.1) is 5.69 Å². The summed E-state index contributed by atoms with van der Waals surface area (Å²) in [6.45, 7) is 7.15. The number of hydrogen-bond acceptors (Lipinski definition) is 2. The number of imidazole rings is 1. The van der Waals surface area contributed by atoms with E-state index in [-0.39, 0.29) is 11.9 Å². The molecule has 2 aromatic rings. The molecule has 0 radical (unpaired) electrons. The third-order valence-electron chi connectivity index (χ3n) is 4.88. The van der Waals surface area contributed by atoms with Gasteiger partial charge in [0, 0.05) is 18.2 Å². The fourth-order valence-electron chi connectivity index (χ4n) is 3.22. The van der Waals surface area contributed by atoms with Gasteiger partial charge < -0.3 is 9.88 Å². The Labute approximate surface area is 144 Å². The number of aromatic nitrogens is 2. The monoisotopic (exact) mass is 325 g/mol. The van der Waals surface area contributed by atoms with E-state index in [0.29, 0.717) is 5.69 Å². The van der Waals surface area contributed by atoms with Gasteiger partial charge >= 0.3 is 0 Å². The molecule has 1 N–H and O–H groups in total. The standard InChI is InChI=1S/C20H27N3O/c1-4-15(3)21-20(24)18-17-8-6-5-7-13-23(17)19(22-18)16-11-9-14(2)10-12-16/h9-12,15H,4-8,13H2,1-3H3,(H,21,24)/t15-/m1/s1. The van der Waals surface area contributed by atoms with E-state index in [9.17, 15) is 4.79 Å². The van der Waals surface area contributed by atoms with E-state index < -0.39 is 0 Å². The number of aryl methyl sites for hydroxylation is 1. The van der Waals surface area contributed by atoms with Gasteiger partial charge in [0.25, 0.3) is 5.91 Å². The maximum Gasteiger partial charge on any atom is 0.271 e. The Morgan fingerprint density at radius 3 is 2.71 bits per heavy atom. The van der Waals surface area contributed by atoms with E-state index in [1.54, 1.807) is 0 Å². The molecule has 24 heavy (non-hydrogen) atoms. The molecule has 0 fully saturated rings. The average molecular weight is 325 g/mol. The number of carbonyl (C=O) groups is 1. The van der Waals surface area contributed by atoms with E-state index in [1.165, 1.54) is 12.0 Å². The number of hydrogen-bond donors (Lipinski definition) is 1. The normalized spacial score (nSPS) is 15.5. The highest BCUT2D eigenvalue weighted by Crippen LogP contribution is 2.27. The van der Waals surface area contributed by atoms with Gasteiger partial charge in [0.2, 0.25) is 0 Å². The maximum absolute atomic E-state index is 12.7. The van der Waals surface area contributed by atoms with Crippen LogP contribution in [0.4, 0.5) is 0 Å². The lowest BCUT2D eigenvalue weighted by Crippen LogP contribution is -2.32. The highest BCUT2D eigenvalue weighted by molar-refractivity contribution is 5.94. The van der Waals surface area contributed by atoms with Crippen molar-refractivity contribution in [1.29, 1.82) is 0 Å². The lowest BCUT2D eigenvalue weighted by atomic mass is 10.1. The van der Waals surface area contributed by atoms with Gasteiger partial charge in [-0.1, -0.05) is 43.2 Å². The van der Waals surface area contributed by atoms with Crippen LogP contribution >= 0.6 is 0 Å². The first kappa shape index (κ1) is 16.7. The molecule has 4 nitrogen and oxygen atoms in total. The summed E-state index contributed by atoms with van der Waals surface area (Å²) >= 11 is 0. The van der Waals surface area contributed by atoms with Crippen LogP contribution in [0.3, 0.4) is 0 Å². The predicted octanol–water partition coefficient (Wildman–Crippen LogP) is 4.11. The molecule has 2 heterocycles. The molecule has 0 saturated carbocycles. The van der Waals surface area contributed by atoms with Crippen LogP contribution in [0.5, 0.6) is 0 Å². The van der Waals surface area contributed by atoms with Crippen LogP contribution in [0, 0.1) is 6.92 Å². The van der Waals surface area contributed by atoms with E-state index in [2.05, 4.69) is 48.0 Å². The summed E-state index contributed by atoms with van der Waals surface area (Å²) in [6.07, 6.45) is 5.34. The molecule has 0 bridgehead atoms. The second-order valence-electron chi connectivity index (χ2n) is 6.84. The van der Waals surface area contributed by atoms with Crippen LogP contribution in [-0.4, -0.2) is 21.5 Å². The van der Waals surface area contributed by atoms with Gasteiger partial charge in [-0.15, -0.1) is 0 Å². The summed E-state index contributed by atoms with van der Waals surface area (Å²) in [4.78, 5) is 17.5. The number of rotatable bonds is 4. The van der Waals surface area contributed by atoms with Crippen LogP contribution in [0.15, 0.2) is 24.3 Å². The molecule has 1 atom stereocenters. The first-order valence-electron chi connectivity index (χ1n) is 9.07. The topological polar surface area (TPSA) is 46.9 Å². The molecule has 1 aliphatic rings. The first-order chi connectivity index (χ1) is 11.6. The van der Waals surface area contributed by atoms with Crippen molar-refractivity contribution in [3.8, 4) is 11.4 Å². The fraction of sp³-hybridized carbons (Fsp3) is 0.500. The summed E-state index contributed by atoms with van der Waals surface area (Å²) in [7, 11) is 0. The van der Waals surface area contributed by atoms with Crippen molar-refractivity contribution in [3.05, 3.63) is 41.2 Å². The predicted molar refractivity (Wildman–Crippen MR) is 97.2 cm³/mol. The van der Waals surface area contributed by atoms with E-state index in [4.69, 9.17) is 4.98 Å². The number of nitrogens with one attached hydrogen (secondary N) is 1. The Kier molecular flexibility index (Phi) is 5.03. The number of amides is 1. The van der Waals surface area contributed by atoms with Crippen LogP contribution in [0.1, 0.15) is 61.3 Å². The van der Waals surface area contributed by atoms with Gasteiger partial charge in [-0.25, -0.2) is 4.98 Å². The van der Waals surface area contributed by atoms with Gasteiger partial charge in [-0.2, -0.15) is 0 Å². The van der Waals surface area contributed by atoms with Crippen molar-refractivity contribution in [2.75, 3.05) is 0 Å². The summed E-state index contributed by atoms with van der Waals surface area (Å²) in [5, 5.41) is 3.08. The van der Waals surface area contributed by atoms with Crippen molar-refractivity contribution in [2.24, 2.45) is 0 Å². The van der Waals surface area contributed by atoms with Crippen LogP contribution in [-0.2, 0) is 13.0 Å². The van der Waals surface area contributed by atoms with Gasteiger partial charge in [0.1, 0.15) is 11.5 Å². The average Bonchev–Trinajstić information content (AvgIpc) is 2.77. The highest BCUT2D eigenvalue weighted by Gasteiger charge is 2.24. The Hall–Kier alpha value is -2.10. The largest absolute Gasteiger partial charge is 0.348 e. The number of nitrogens with zero attached hydrogens (tertiary/aromatic N) is 2. The first-order valence-corrected chi connectivity index (χ1v) is 9.07. The summed E-state index contributed by atoms with van der Waals surface area (Å²) in [6, 6.07) is 8.58. The molecule has 0 unspecified atom stereocenters. The fourth-order valence-corrected chi connectivity index (χ4v) is 3.22. The second-order valence-corrected chi connectivity index (χ2v) is 6.84. The Balaban J connectivity index is 2.03. The van der Waals surface area contributed by atoms with E-state index in [0.717, 1.165) is 49.3 Å². The van der Waals surface area contributed by atoms with Gasteiger partial charge in [-0.05, 0) is 39.5 Å². The SMILES string of the molecule is CC[C@@H](C)NC(=O)c1nc(-c2ccc(C)cc2)n2c1CCCCC2. The minimum Gasteiger partial charge on any atom is -0.348 e. The number of benzene rings is 1. The van der Waals surface area contributed by atoms with Crippen LogP contribution < -0.4 is 5.32 Å². The Morgan fingerprint density at radius 1 is 1.25 bits per heavy atom. The molecule has 0 spiro atoms. The minimum atomic E-state index is -0.0339. The number of fused-ring (bicyclic) bond motifs is 1. The number of carbonyl (C=O) groups excluding carboxylic acids is 1. The van der Waals surface area contributed by atoms with Gasteiger partial charge in [-0.3, -0.25) is 4.79 Å². The van der Waals surface area contributed by atoms with Crippen molar-refractivity contribution in [2.45, 2.75) is 65.5 Å². The molecule has 4 heteroatoms. The highest BCUT2D eigenvalue weighted by atomic mass is 16.2. The molecule has 3 rings (SSSR count). The summed E-state index contributed by atoms with van der Waals surface area (Å²) in [5.74, 6) is 0.898. The Bertz CT molecular complexity index is 715. The van der Waals surface area contributed by atoms with Gasteiger partial charge in [0.15, 0.2) is 0 Å². The van der Waals surface area contributed by atoms with Crippen LogP contribution in [0.2, 0.25) is 0 Å². The lowest BCUT2D eigenvalue weighted by Gasteiger charge is -2.11. The molecular weight excluding hydrogens is 298 g/mol. The maximum atomic E-state index is 12.7. The van der Waals surface area contributed by atoms with E-state index in [1.807, 2.05) is 6.92 Å². The molecule has 0 saturated heterocycles. The molecule has 1 aromatic heterocycles. The third-order valence-corrected chi connectivity index (χ3v) is 4.88. The minimum absolute atomic E-state index is 0.0339. The van der Waals surface area contributed by atoms with Crippen molar-refractivity contribution in [3.63, 3.8) is 0 Å².